The van der Waals surface area contributed by atoms with Crippen molar-refractivity contribution in [3.63, 3.8) is 0 Å². The van der Waals surface area contributed by atoms with E-state index in [2.05, 4.69) is 22.2 Å². The summed E-state index contributed by atoms with van der Waals surface area (Å²) in [6, 6.07) is 4.00. The van der Waals surface area contributed by atoms with Gasteiger partial charge in [-0.05, 0) is 31.9 Å². The largest absolute Gasteiger partial charge is 0.381 e. The van der Waals surface area contributed by atoms with E-state index in [0.717, 1.165) is 30.9 Å². The van der Waals surface area contributed by atoms with E-state index in [1.807, 2.05) is 29.1 Å². The highest BCUT2D eigenvalue weighted by atomic mass is 16.5. The third-order valence-corrected chi connectivity index (χ3v) is 3.37. The van der Waals surface area contributed by atoms with E-state index < -0.39 is 0 Å². The van der Waals surface area contributed by atoms with Gasteiger partial charge in [0.05, 0.1) is 24.1 Å². The Balaban J connectivity index is 1.57. The summed E-state index contributed by atoms with van der Waals surface area (Å²) in [5.74, 6) is 0.869. The van der Waals surface area contributed by atoms with Crippen LogP contribution in [-0.2, 0) is 4.74 Å². The number of nitrogens with zero attached hydrogens (tertiary/aromatic N) is 3. The van der Waals surface area contributed by atoms with Gasteiger partial charge in [0.15, 0.2) is 0 Å². The Morgan fingerprint density at radius 2 is 2.37 bits per heavy atom. The number of imidazole rings is 1. The van der Waals surface area contributed by atoms with Crippen LogP contribution in [0.25, 0.3) is 5.82 Å². The van der Waals surface area contributed by atoms with E-state index in [1.165, 1.54) is 0 Å². The van der Waals surface area contributed by atoms with Crippen LogP contribution < -0.4 is 5.32 Å². The summed E-state index contributed by atoms with van der Waals surface area (Å²) in [5.41, 5.74) is 1.02. The molecule has 0 radical (unpaired) electrons. The number of hydrogen-bond acceptors (Lipinski definition) is 4. The van der Waals surface area contributed by atoms with E-state index in [4.69, 9.17) is 4.74 Å². The summed E-state index contributed by atoms with van der Waals surface area (Å²) in [6.07, 6.45) is 10.2. The number of aromatic nitrogens is 3. The van der Waals surface area contributed by atoms with Gasteiger partial charge >= 0.3 is 0 Å². The van der Waals surface area contributed by atoms with E-state index >= 15 is 0 Å². The van der Waals surface area contributed by atoms with Crippen LogP contribution in [0, 0.1) is 0 Å². The molecule has 0 spiro atoms. The van der Waals surface area contributed by atoms with Crippen LogP contribution in [0.15, 0.2) is 37.1 Å². The molecule has 1 N–H and O–H groups in total. The molecule has 2 aromatic heterocycles. The first-order chi connectivity index (χ1) is 9.31. The first-order valence-corrected chi connectivity index (χ1v) is 6.65. The molecule has 100 valence electrons. The quantitative estimate of drug-likeness (QED) is 0.913. The Morgan fingerprint density at radius 1 is 1.42 bits per heavy atom. The molecule has 0 amide bonds. The van der Waals surface area contributed by atoms with Crippen LogP contribution in [0.3, 0.4) is 0 Å². The molecule has 3 rings (SSSR count). The lowest BCUT2D eigenvalue weighted by atomic mass is 10.2. The average molecular weight is 258 g/mol. The molecular weight excluding hydrogens is 240 g/mol. The van der Waals surface area contributed by atoms with Gasteiger partial charge in [0.25, 0.3) is 0 Å². The topological polar surface area (TPSA) is 52.0 Å². The van der Waals surface area contributed by atoms with Gasteiger partial charge in [-0.15, -0.1) is 0 Å². The summed E-state index contributed by atoms with van der Waals surface area (Å²) in [5, 5.41) is 3.37. The van der Waals surface area contributed by atoms with Gasteiger partial charge < -0.3 is 10.1 Å². The van der Waals surface area contributed by atoms with Gasteiger partial charge in [0.1, 0.15) is 12.1 Å². The minimum Gasteiger partial charge on any atom is -0.381 e. The fourth-order valence-corrected chi connectivity index (χ4v) is 2.31. The van der Waals surface area contributed by atoms with Gasteiger partial charge in [-0.2, -0.15) is 0 Å². The third kappa shape index (κ3) is 2.93. The molecule has 0 bridgehead atoms. The zero-order valence-electron chi connectivity index (χ0n) is 11.0. The highest BCUT2D eigenvalue weighted by Gasteiger charge is 2.21. The Labute approximate surface area is 112 Å². The van der Waals surface area contributed by atoms with Crippen molar-refractivity contribution in [2.24, 2.45) is 0 Å². The second-order valence-corrected chi connectivity index (χ2v) is 4.90. The van der Waals surface area contributed by atoms with Gasteiger partial charge in [-0.3, -0.25) is 4.57 Å². The summed E-state index contributed by atoms with van der Waals surface area (Å²) in [4.78, 5) is 8.41. The number of pyridine rings is 1. The van der Waals surface area contributed by atoms with Crippen LogP contribution in [-0.4, -0.2) is 33.3 Å². The molecule has 19 heavy (non-hydrogen) atoms. The minimum absolute atomic E-state index is 0.323. The van der Waals surface area contributed by atoms with E-state index in [-0.39, 0.29) is 0 Å². The molecule has 0 saturated carbocycles. The van der Waals surface area contributed by atoms with Gasteiger partial charge in [0.2, 0.25) is 0 Å². The Kier molecular flexibility index (Phi) is 3.46. The number of nitrogens with one attached hydrogen (secondary N) is 1. The van der Waals surface area contributed by atoms with Crippen LogP contribution in [0.1, 0.15) is 19.8 Å². The molecule has 1 saturated heterocycles. The molecule has 1 aliphatic rings. The Hall–Kier alpha value is -1.88. The molecule has 5 heteroatoms. The van der Waals surface area contributed by atoms with Crippen molar-refractivity contribution in [3.8, 4) is 5.82 Å². The molecule has 2 unspecified atom stereocenters. The number of ether oxygens (including phenoxy) is 1. The standard InChI is InChI=1S/C14H18N4O/c1-11-2-4-13(19-11)9-16-12-3-5-14(17-8-12)18-7-6-15-10-18/h3,5-8,10-11,13,16H,2,4,9H2,1H3. The van der Waals surface area contributed by atoms with Crippen LogP contribution in [0.2, 0.25) is 0 Å². The maximum absolute atomic E-state index is 5.77. The average Bonchev–Trinajstić information content (AvgIpc) is 3.08. The normalized spacial score (nSPS) is 22.6. The van der Waals surface area contributed by atoms with Crippen molar-refractivity contribution >= 4 is 5.69 Å². The van der Waals surface area contributed by atoms with E-state index in [0.29, 0.717) is 12.2 Å². The molecule has 5 nitrogen and oxygen atoms in total. The molecule has 3 heterocycles. The number of hydrogen-bond donors (Lipinski definition) is 1. The van der Waals surface area contributed by atoms with Crippen molar-refractivity contribution in [1.29, 1.82) is 0 Å². The maximum atomic E-state index is 5.77. The molecule has 2 aromatic rings. The SMILES string of the molecule is CC1CCC(CNc2ccc(-n3ccnc3)nc2)O1. The zero-order chi connectivity index (χ0) is 13.1. The second kappa shape index (κ2) is 5.40. The summed E-state index contributed by atoms with van der Waals surface area (Å²) in [6.45, 7) is 2.97. The van der Waals surface area contributed by atoms with Crippen LogP contribution >= 0.6 is 0 Å². The third-order valence-electron chi connectivity index (χ3n) is 3.37. The maximum Gasteiger partial charge on any atom is 0.137 e. The number of rotatable bonds is 4. The summed E-state index contributed by atoms with van der Waals surface area (Å²) < 4.78 is 7.65. The van der Waals surface area contributed by atoms with Gasteiger partial charge in [-0.1, -0.05) is 0 Å². The molecule has 1 aliphatic heterocycles. The minimum atomic E-state index is 0.323. The highest BCUT2D eigenvalue weighted by molar-refractivity contribution is 5.43. The first-order valence-electron chi connectivity index (χ1n) is 6.65. The van der Waals surface area contributed by atoms with Gasteiger partial charge in [-0.25, -0.2) is 9.97 Å². The predicted octanol–water partition coefficient (Wildman–Crippen LogP) is 2.25. The highest BCUT2D eigenvalue weighted by Crippen LogP contribution is 2.19. The lowest BCUT2D eigenvalue weighted by Gasteiger charge is -2.13. The first kappa shape index (κ1) is 12.2. The van der Waals surface area contributed by atoms with Crippen molar-refractivity contribution in [2.75, 3.05) is 11.9 Å². The predicted molar refractivity (Wildman–Crippen MR) is 73.4 cm³/mol. The van der Waals surface area contributed by atoms with Gasteiger partial charge in [0, 0.05) is 18.9 Å². The molecular formula is C14H18N4O. The molecule has 1 fully saturated rings. The van der Waals surface area contributed by atoms with Crippen molar-refractivity contribution < 1.29 is 4.74 Å². The van der Waals surface area contributed by atoms with Crippen molar-refractivity contribution in [1.82, 2.24) is 14.5 Å². The Morgan fingerprint density at radius 3 is 3.00 bits per heavy atom. The summed E-state index contributed by atoms with van der Waals surface area (Å²) >= 11 is 0. The monoisotopic (exact) mass is 258 g/mol. The van der Waals surface area contributed by atoms with Crippen molar-refractivity contribution in [3.05, 3.63) is 37.1 Å². The van der Waals surface area contributed by atoms with Crippen molar-refractivity contribution in [2.45, 2.75) is 32.0 Å². The number of anilines is 1. The smallest absolute Gasteiger partial charge is 0.137 e. The fraction of sp³-hybridized carbons (Fsp3) is 0.429. The lowest BCUT2D eigenvalue weighted by Crippen LogP contribution is -2.19. The van der Waals surface area contributed by atoms with E-state index in [1.54, 1.807) is 12.5 Å². The lowest BCUT2D eigenvalue weighted by molar-refractivity contribution is 0.0637. The second-order valence-electron chi connectivity index (χ2n) is 4.90. The van der Waals surface area contributed by atoms with Crippen LogP contribution in [0.4, 0.5) is 5.69 Å². The Bertz CT molecular complexity index is 509. The molecule has 0 aromatic carbocycles. The zero-order valence-corrected chi connectivity index (χ0v) is 11.0. The fourth-order valence-electron chi connectivity index (χ4n) is 2.31. The molecule has 0 aliphatic carbocycles. The van der Waals surface area contributed by atoms with Crippen LogP contribution in [0.5, 0.6) is 0 Å². The summed E-state index contributed by atoms with van der Waals surface area (Å²) in [7, 11) is 0. The molecule has 2 atom stereocenters. The van der Waals surface area contributed by atoms with E-state index in [9.17, 15) is 0 Å².